The highest BCUT2D eigenvalue weighted by Gasteiger charge is 2.26. The first-order valence-electron chi connectivity index (χ1n) is 14.2. The first-order valence-corrected chi connectivity index (χ1v) is 14.2. The summed E-state index contributed by atoms with van der Waals surface area (Å²) in [5.41, 5.74) is 4.02. The van der Waals surface area contributed by atoms with E-state index < -0.39 is 5.54 Å². The molecule has 2 aromatic heterocycles. The van der Waals surface area contributed by atoms with E-state index in [2.05, 4.69) is 37.8 Å². The van der Waals surface area contributed by atoms with E-state index in [4.69, 9.17) is 0 Å². The molecule has 2 aliphatic rings. The number of carbonyl (C=O) groups excluding carboxylic acids is 2. The predicted molar refractivity (Wildman–Crippen MR) is 163 cm³/mol. The number of anilines is 2. The average Bonchev–Trinajstić information content (AvgIpc) is 3.40. The van der Waals surface area contributed by atoms with E-state index in [9.17, 15) is 14.7 Å². The number of aliphatic hydroxyl groups is 1. The van der Waals surface area contributed by atoms with Gasteiger partial charge < -0.3 is 20.6 Å². The molecule has 3 N–H and O–H groups in total. The Morgan fingerprint density at radius 3 is 2.38 bits per heavy atom. The molecule has 1 unspecified atom stereocenters. The van der Waals surface area contributed by atoms with Crippen molar-refractivity contribution < 1.29 is 14.7 Å². The van der Waals surface area contributed by atoms with Gasteiger partial charge in [-0.15, -0.1) is 0 Å². The standard InChI is InChI=1S/C33H34N6O3/c1-22-19-24(12-16-34-22)31(41)36-26-5-9-28(10-6-26)39-30-11-15-33(2,20-25(30)21-35-39)37-32(42)23-3-7-27(8-4-23)38-17-13-29(40)14-18-38/h3-12,16,19-21,29,40H,13-15,17-18H2,1-2H3,(H,36,41)(H,37,42). The summed E-state index contributed by atoms with van der Waals surface area (Å²) in [6.07, 6.45) is 9.52. The zero-order valence-corrected chi connectivity index (χ0v) is 23.7. The Morgan fingerprint density at radius 1 is 0.952 bits per heavy atom. The number of benzene rings is 2. The molecule has 1 aliphatic heterocycles. The van der Waals surface area contributed by atoms with Gasteiger partial charge in [0.25, 0.3) is 11.8 Å². The zero-order valence-electron chi connectivity index (χ0n) is 23.7. The highest BCUT2D eigenvalue weighted by Crippen LogP contribution is 2.22. The SMILES string of the molecule is Cc1cc(C(=O)Nc2ccc(-n3ncc4c3=CCC(C)(NC(=O)c3ccc(N5CCC(O)CC5)cc3)C=4)cc2)ccn1. The smallest absolute Gasteiger partial charge is 0.255 e. The van der Waals surface area contributed by atoms with E-state index in [0.29, 0.717) is 23.2 Å². The van der Waals surface area contributed by atoms with Crippen LogP contribution in [0.1, 0.15) is 52.6 Å². The minimum absolute atomic E-state index is 0.127. The Kier molecular flexibility index (Phi) is 7.34. The van der Waals surface area contributed by atoms with E-state index in [0.717, 1.165) is 53.6 Å². The lowest BCUT2D eigenvalue weighted by Crippen LogP contribution is -2.49. The first-order chi connectivity index (χ1) is 20.3. The molecule has 0 saturated carbocycles. The Morgan fingerprint density at radius 2 is 1.67 bits per heavy atom. The Bertz CT molecular complexity index is 1740. The summed E-state index contributed by atoms with van der Waals surface area (Å²) in [4.78, 5) is 32.1. The monoisotopic (exact) mass is 562 g/mol. The maximum absolute atomic E-state index is 13.2. The molecule has 0 bridgehead atoms. The van der Waals surface area contributed by atoms with Gasteiger partial charge in [0.2, 0.25) is 0 Å². The summed E-state index contributed by atoms with van der Waals surface area (Å²) in [5, 5.41) is 22.4. The summed E-state index contributed by atoms with van der Waals surface area (Å²) >= 11 is 0. The van der Waals surface area contributed by atoms with Gasteiger partial charge in [0.05, 0.1) is 28.9 Å². The fourth-order valence-corrected chi connectivity index (χ4v) is 5.55. The quantitative estimate of drug-likeness (QED) is 0.333. The van der Waals surface area contributed by atoms with Crippen LogP contribution in [0, 0.1) is 6.92 Å². The number of pyridine rings is 1. The Labute approximate surface area is 244 Å². The molecule has 0 spiro atoms. The van der Waals surface area contributed by atoms with Gasteiger partial charge in [-0.1, -0.05) is 6.08 Å². The van der Waals surface area contributed by atoms with Crippen molar-refractivity contribution in [2.24, 2.45) is 0 Å². The molecule has 2 aromatic carbocycles. The molecule has 214 valence electrons. The fraction of sp³-hybridized carbons (Fsp3) is 0.273. The molecule has 6 rings (SSSR count). The molecular weight excluding hydrogens is 528 g/mol. The third kappa shape index (κ3) is 5.82. The lowest BCUT2D eigenvalue weighted by atomic mass is 9.92. The van der Waals surface area contributed by atoms with Gasteiger partial charge in [0.15, 0.2) is 0 Å². The van der Waals surface area contributed by atoms with Crippen LogP contribution in [-0.2, 0) is 0 Å². The van der Waals surface area contributed by atoms with Crippen LogP contribution >= 0.6 is 0 Å². The molecule has 9 heteroatoms. The minimum Gasteiger partial charge on any atom is -0.393 e. The number of fused-ring (bicyclic) bond motifs is 1. The largest absolute Gasteiger partial charge is 0.393 e. The number of amides is 2. The number of rotatable bonds is 6. The molecule has 3 heterocycles. The van der Waals surface area contributed by atoms with Crippen LogP contribution in [0.25, 0.3) is 17.8 Å². The van der Waals surface area contributed by atoms with E-state index in [1.165, 1.54) is 0 Å². The predicted octanol–water partition coefficient (Wildman–Crippen LogP) is 2.94. The number of piperidine rings is 1. The number of aryl methyl sites for hydroxylation is 1. The third-order valence-corrected chi connectivity index (χ3v) is 7.92. The molecule has 1 atom stereocenters. The van der Waals surface area contributed by atoms with Crippen molar-refractivity contribution in [3.8, 4) is 5.69 Å². The van der Waals surface area contributed by atoms with Gasteiger partial charge in [-0.05, 0) is 99.8 Å². The molecule has 1 aliphatic carbocycles. The molecule has 2 amide bonds. The van der Waals surface area contributed by atoms with Crippen LogP contribution in [0.4, 0.5) is 11.4 Å². The van der Waals surface area contributed by atoms with Crippen molar-refractivity contribution in [1.29, 1.82) is 0 Å². The Balaban J connectivity index is 1.13. The highest BCUT2D eigenvalue weighted by atomic mass is 16.3. The number of aromatic nitrogens is 3. The van der Waals surface area contributed by atoms with Crippen LogP contribution in [0.5, 0.6) is 0 Å². The molecule has 9 nitrogen and oxygen atoms in total. The van der Waals surface area contributed by atoms with Crippen molar-refractivity contribution in [3.63, 3.8) is 0 Å². The second kappa shape index (κ2) is 11.3. The lowest BCUT2D eigenvalue weighted by molar-refractivity contribution is 0.0927. The van der Waals surface area contributed by atoms with Crippen molar-refractivity contribution in [2.45, 2.75) is 44.8 Å². The topological polar surface area (TPSA) is 112 Å². The lowest BCUT2D eigenvalue weighted by Gasteiger charge is -2.31. The van der Waals surface area contributed by atoms with Crippen LogP contribution in [0.15, 0.2) is 73.1 Å². The fourth-order valence-electron chi connectivity index (χ4n) is 5.55. The van der Waals surface area contributed by atoms with Gasteiger partial charge in [0.1, 0.15) is 0 Å². The van der Waals surface area contributed by atoms with E-state index in [-0.39, 0.29) is 17.9 Å². The summed E-state index contributed by atoms with van der Waals surface area (Å²) in [7, 11) is 0. The molecule has 1 fully saturated rings. The van der Waals surface area contributed by atoms with Gasteiger partial charge in [-0.25, -0.2) is 4.68 Å². The summed E-state index contributed by atoms with van der Waals surface area (Å²) < 4.78 is 1.86. The van der Waals surface area contributed by atoms with Crippen LogP contribution in [0.3, 0.4) is 0 Å². The van der Waals surface area contributed by atoms with Crippen molar-refractivity contribution in [2.75, 3.05) is 23.3 Å². The number of carbonyl (C=O) groups is 2. The maximum atomic E-state index is 13.2. The number of hydrogen-bond donors (Lipinski definition) is 3. The van der Waals surface area contributed by atoms with E-state index in [1.807, 2.05) is 67.1 Å². The van der Waals surface area contributed by atoms with Crippen molar-refractivity contribution in [3.05, 3.63) is 100 Å². The molecule has 0 radical (unpaired) electrons. The van der Waals surface area contributed by atoms with E-state index in [1.54, 1.807) is 24.5 Å². The first kappa shape index (κ1) is 27.4. The molecule has 42 heavy (non-hydrogen) atoms. The van der Waals surface area contributed by atoms with E-state index >= 15 is 0 Å². The maximum Gasteiger partial charge on any atom is 0.255 e. The minimum atomic E-state index is -0.556. The highest BCUT2D eigenvalue weighted by molar-refractivity contribution is 6.04. The zero-order chi connectivity index (χ0) is 29.3. The normalized spacial score (nSPS) is 18.4. The number of nitrogens with one attached hydrogen (secondary N) is 2. The van der Waals surface area contributed by atoms with Gasteiger partial charge in [-0.3, -0.25) is 14.6 Å². The van der Waals surface area contributed by atoms with Crippen molar-refractivity contribution >= 4 is 35.3 Å². The molecule has 4 aromatic rings. The second-order valence-electron chi connectivity index (χ2n) is 11.3. The second-order valence-corrected chi connectivity index (χ2v) is 11.3. The summed E-state index contributed by atoms with van der Waals surface area (Å²) in [5.74, 6) is -0.314. The van der Waals surface area contributed by atoms with Crippen LogP contribution in [-0.4, -0.2) is 56.4 Å². The third-order valence-electron chi connectivity index (χ3n) is 7.92. The average molecular weight is 563 g/mol. The van der Waals surface area contributed by atoms with Gasteiger partial charge in [-0.2, -0.15) is 5.10 Å². The Hall–Kier alpha value is -4.76. The molecule has 1 saturated heterocycles. The summed E-state index contributed by atoms with van der Waals surface area (Å²) in [6, 6.07) is 18.7. The van der Waals surface area contributed by atoms with Crippen LogP contribution < -0.4 is 26.1 Å². The summed E-state index contributed by atoms with van der Waals surface area (Å²) in [6.45, 7) is 5.50. The van der Waals surface area contributed by atoms with Crippen LogP contribution in [0.2, 0.25) is 0 Å². The van der Waals surface area contributed by atoms with Crippen molar-refractivity contribution in [1.82, 2.24) is 20.1 Å². The van der Waals surface area contributed by atoms with Gasteiger partial charge >= 0.3 is 0 Å². The number of aliphatic hydroxyl groups excluding tert-OH is 1. The molecular formula is C33H34N6O3. The number of nitrogens with zero attached hydrogens (tertiary/aromatic N) is 4. The number of hydrogen-bond acceptors (Lipinski definition) is 6. The van der Waals surface area contributed by atoms with Gasteiger partial charge in [0, 0.05) is 52.7 Å².